The number of hydrogen-bond donors (Lipinski definition) is 1. The fourth-order valence-corrected chi connectivity index (χ4v) is 3.12. The largest absolute Gasteiger partial charge is 0.341 e. The Morgan fingerprint density at radius 2 is 1.80 bits per heavy atom. The molecule has 0 spiro atoms. The van der Waals surface area contributed by atoms with Crippen LogP contribution in [0.4, 0.5) is 8.78 Å². The quantitative estimate of drug-likeness (QED) is 0.903. The average molecular weight is 352 g/mol. The minimum atomic E-state index is -0.934. The van der Waals surface area contributed by atoms with Gasteiger partial charge in [0.2, 0.25) is 5.91 Å². The van der Waals surface area contributed by atoms with Gasteiger partial charge in [-0.1, -0.05) is 26.8 Å². The molecule has 2 rings (SSSR count). The number of halogens is 2. The molecule has 0 saturated carbocycles. The molecule has 4 nitrogen and oxygen atoms in total. The number of hydrogen-bond acceptors (Lipinski definition) is 2. The van der Waals surface area contributed by atoms with Crippen molar-refractivity contribution in [2.45, 2.75) is 46.1 Å². The molecule has 1 aromatic carbocycles. The van der Waals surface area contributed by atoms with E-state index < -0.39 is 29.1 Å². The summed E-state index contributed by atoms with van der Waals surface area (Å²) >= 11 is 0. The Morgan fingerprint density at radius 1 is 1.16 bits per heavy atom. The zero-order valence-electron chi connectivity index (χ0n) is 15.0. The predicted molar refractivity (Wildman–Crippen MR) is 92.0 cm³/mol. The molecule has 6 heteroatoms. The van der Waals surface area contributed by atoms with Crippen LogP contribution in [0.2, 0.25) is 0 Å². The van der Waals surface area contributed by atoms with Gasteiger partial charge in [0.05, 0.1) is 0 Å². The van der Waals surface area contributed by atoms with Gasteiger partial charge in [0.1, 0.15) is 23.2 Å². The average Bonchev–Trinajstić information content (AvgIpc) is 2.76. The first kappa shape index (κ1) is 19.3. The first-order chi connectivity index (χ1) is 11.8. The van der Waals surface area contributed by atoms with Crippen LogP contribution in [0.1, 0.15) is 50.4 Å². The van der Waals surface area contributed by atoms with Gasteiger partial charge in [0, 0.05) is 13.1 Å². The van der Waals surface area contributed by atoms with E-state index in [4.69, 9.17) is 0 Å². The molecule has 2 atom stereocenters. The highest BCUT2D eigenvalue weighted by atomic mass is 19.1. The van der Waals surface area contributed by atoms with E-state index in [1.54, 1.807) is 18.7 Å². The zero-order chi connectivity index (χ0) is 18.6. The lowest BCUT2D eigenvalue weighted by atomic mass is 10.0. The number of amides is 2. The van der Waals surface area contributed by atoms with E-state index in [1.807, 2.05) is 0 Å². The number of nitrogens with zero attached hydrogens (tertiary/aromatic N) is 1. The third-order valence-corrected chi connectivity index (χ3v) is 4.74. The summed E-state index contributed by atoms with van der Waals surface area (Å²) in [6, 6.07) is 2.45. The Labute approximate surface area is 147 Å². The van der Waals surface area contributed by atoms with Crippen molar-refractivity contribution in [3.8, 4) is 0 Å². The molecule has 138 valence electrons. The summed E-state index contributed by atoms with van der Waals surface area (Å²) in [5.74, 6) is -2.57. The molecule has 1 saturated heterocycles. The first-order valence-corrected chi connectivity index (χ1v) is 8.85. The van der Waals surface area contributed by atoms with Crippen molar-refractivity contribution in [1.29, 1.82) is 0 Å². The molecule has 1 aromatic rings. The maximum atomic E-state index is 13.8. The molecule has 1 aliphatic heterocycles. The summed E-state index contributed by atoms with van der Waals surface area (Å²) in [7, 11) is 0. The molecule has 0 aliphatic carbocycles. The van der Waals surface area contributed by atoms with Gasteiger partial charge in [-0.3, -0.25) is 9.59 Å². The minimum absolute atomic E-state index is 0.186. The maximum Gasteiger partial charge on any atom is 0.257 e. The predicted octanol–water partition coefficient (Wildman–Crippen LogP) is 3.37. The van der Waals surface area contributed by atoms with Crippen LogP contribution in [0, 0.1) is 23.5 Å². The highest BCUT2D eigenvalue weighted by molar-refractivity contribution is 5.98. The van der Waals surface area contributed by atoms with Gasteiger partial charge in [0.15, 0.2) is 0 Å². The van der Waals surface area contributed by atoms with Crippen LogP contribution in [0.5, 0.6) is 0 Å². The molecule has 1 N–H and O–H groups in total. The molecule has 1 heterocycles. The van der Waals surface area contributed by atoms with E-state index in [1.165, 1.54) is 6.07 Å². The van der Waals surface area contributed by atoms with Crippen LogP contribution in [-0.2, 0) is 4.79 Å². The Balaban J connectivity index is 2.15. The Hall–Kier alpha value is -1.98. The summed E-state index contributed by atoms with van der Waals surface area (Å²) in [5, 5.41) is 2.53. The van der Waals surface area contributed by atoms with Crippen molar-refractivity contribution >= 4 is 11.8 Å². The van der Waals surface area contributed by atoms with Crippen LogP contribution in [0.3, 0.4) is 0 Å². The van der Waals surface area contributed by atoms with Gasteiger partial charge in [-0.05, 0) is 43.2 Å². The summed E-state index contributed by atoms with van der Waals surface area (Å²) in [5.41, 5.74) is -0.648. The number of likely N-dealkylation sites (tertiary alicyclic amines) is 1. The lowest BCUT2D eigenvalue weighted by Crippen LogP contribution is -2.51. The third-order valence-electron chi connectivity index (χ3n) is 4.74. The number of rotatable bonds is 4. The molecule has 2 amide bonds. The highest BCUT2D eigenvalue weighted by Crippen LogP contribution is 2.19. The molecule has 2 unspecified atom stereocenters. The lowest BCUT2D eigenvalue weighted by Gasteiger charge is -2.29. The number of carbonyl (C=O) groups is 2. The zero-order valence-corrected chi connectivity index (χ0v) is 15.0. The molecule has 0 aromatic heterocycles. The van der Waals surface area contributed by atoms with Crippen molar-refractivity contribution in [3.05, 3.63) is 35.4 Å². The molecule has 0 radical (unpaired) electrons. The monoisotopic (exact) mass is 352 g/mol. The molecular weight excluding hydrogens is 326 g/mol. The Bertz CT molecular complexity index is 614. The van der Waals surface area contributed by atoms with Crippen molar-refractivity contribution < 1.29 is 18.4 Å². The van der Waals surface area contributed by atoms with Crippen LogP contribution < -0.4 is 5.32 Å². The summed E-state index contributed by atoms with van der Waals surface area (Å²) in [6.07, 6.45) is 2.92. The summed E-state index contributed by atoms with van der Waals surface area (Å²) in [6.45, 7) is 7.07. The lowest BCUT2D eigenvalue weighted by molar-refractivity contribution is -0.134. The van der Waals surface area contributed by atoms with Crippen LogP contribution in [0.15, 0.2) is 18.2 Å². The summed E-state index contributed by atoms with van der Waals surface area (Å²) < 4.78 is 27.6. The summed E-state index contributed by atoms with van der Waals surface area (Å²) in [4.78, 5) is 27.0. The van der Waals surface area contributed by atoms with E-state index in [2.05, 4.69) is 12.2 Å². The van der Waals surface area contributed by atoms with Crippen LogP contribution in [0.25, 0.3) is 0 Å². The van der Waals surface area contributed by atoms with Crippen molar-refractivity contribution in [1.82, 2.24) is 10.2 Å². The molecule has 0 bridgehead atoms. The first-order valence-electron chi connectivity index (χ1n) is 8.85. The van der Waals surface area contributed by atoms with E-state index in [9.17, 15) is 18.4 Å². The second-order valence-electron chi connectivity index (χ2n) is 7.15. The standard InChI is InChI=1S/C19H26F2N2O2/c1-12(2)17(19(25)23-10-5-6-13(3)9-11-23)22-18(24)16-14(20)7-4-8-15(16)21/h4,7-8,12-13,17H,5-6,9-11H2,1-3H3,(H,22,24). The van der Waals surface area contributed by atoms with E-state index in [0.717, 1.165) is 31.4 Å². The van der Waals surface area contributed by atoms with Crippen molar-refractivity contribution in [2.75, 3.05) is 13.1 Å². The van der Waals surface area contributed by atoms with E-state index >= 15 is 0 Å². The van der Waals surface area contributed by atoms with Crippen LogP contribution in [-0.4, -0.2) is 35.8 Å². The maximum absolute atomic E-state index is 13.8. The Kier molecular flexibility index (Phi) is 6.51. The van der Waals surface area contributed by atoms with Crippen LogP contribution >= 0.6 is 0 Å². The van der Waals surface area contributed by atoms with Gasteiger partial charge in [0.25, 0.3) is 5.91 Å². The van der Waals surface area contributed by atoms with Gasteiger partial charge >= 0.3 is 0 Å². The Morgan fingerprint density at radius 3 is 2.40 bits per heavy atom. The highest BCUT2D eigenvalue weighted by Gasteiger charge is 2.31. The van der Waals surface area contributed by atoms with Gasteiger partial charge in [-0.2, -0.15) is 0 Å². The van der Waals surface area contributed by atoms with Gasteiger partial charge in [-0.15, -0.1) is 0 Å². The molecule has 1 fully saturated rings. The number of nitrogens with one attached hydrogen (secondary N) is 1. The number of carbonyl (C=O) groups excluding carboxylic acids is 2. The smallest absolute Gasteiger partial charge is 0.257 e. The molecule has 25 heavy (non-hydrogen) atoms. The van der Waals surface area contributed by atoms with Crippen molar-refractivity contribution in [3.63, 3.8) is 0 Å². The second-order valence-corrected chi connectivity index (χ2v) is 7.15. The fourth-order valence-electron chi connectivity index (χ4n) is 3.12. The molecular formula is C19H26F2N2O2. The topological polar surface area (TPSA) is 49.4 Å². The van der Waals surface area contributed by atoms with E-state index in [-0.39, 0.29) is 11.8 Å². The third kappa shape index (κ3) is 4.77. The van der Waals surface area contributed by atoms with Gasteiger partial charge < -0.3 is 10.2 Å². The number of benzene rings is 1. The fraction of sp³-hybridized carbons (Fsp3) is 0.579. The van der Waals surface area contributed by atoms with E-state index in [0.29, 0.717) is 19.0 Å². The SMILES string of the molecule is CC1CCCN(C(=O)C(NC(=O)c2c(F)cccc2F)C(C)C)CC1. The molecule has 1 aliphatic rings. The second kappa shape index (κ2) is 8.41. The van der Waals surface area contributed by atoms with Crippen molar-refractivity contribution in [2.24, 2.45) is 11.8 Å². The van der Waals surface area contributed by atoms with Gasteiger partial charge in [-0.25, -0.2) is 8.78 Å². The minimum Gasteiger partial charge on any atom is -0.341 e. The normalized spacial score (nSPS) is 19.4.